The average molecular weight is 346 g/mol. The summed E-state index contributed by atoms with van der Waals surface area (Å²) >= 11 is 11.4. The van der Waals surface area contributed by atoms with Gasteiger partial charge in [-0.3, -0.25) is 10.1 Å². The molecular weight excluding hydrogens is 337 g/mol. The molecule has 0 aliphatic rings. The molecule has 2 aromatic carbocycles. The van der Waals surface area contributed by atoms with Crippen LogP contribution in [0.1, 0.15) is 5.56 Å². The van der Waals surface area contributed by atoms with Crippen molar-refractivity contribution in [3.63, 3.8) is 0 Å². The fourth-order valence-corrected chi connectivity index (χ4v) is 3.39. The normalized spacial score (nSPS) is 11.3. The zero-order valence-corrected chi connectivity index (χ0v) is 12.8. The van der Waals surface area contributed by atoms with E-state index >= 15 is 0 Å². The predicted octanol–water partition coefficient (Wildman–Crippen LogP) is 3.88. The molecule has 21 heavy (non-hydrogen) atoms. The molecule has 2 aromatic rings. The third kappa shape index (κ3) is 3.72. The van der Waals surface area contributed by atoms with Gasteiger partial charge in [-0.25, -0.2) is 8.42 Å². The Bertz CT molecular complexity index is 788. The van der Waals surface area contributed by atoms with E-state index < -0.39 is 20.4 Å². The molecule has 8 heteroatoms. The molecule has 0 bridgehead atoms. The van der Waals surface area contributed by atoms with E-state index in [-0.39, 0.29) is 15.7 Å². The molecule has 0 aromatic heterocycles. The maximum absolute atomic E-state index is 12.3. The van der Waals surface area contributed by atoms with E-state index in [4.69, 9.17) is 23.2 Å². The van der Waals surface area contributed by atoms with E-state index in [1.165, 1.54) is 12.1 Å². The van der Waals surface area contributed by atoms with Gasteiger partial charge < -0.3 is 0 Å². The van der Waals surface area contributed by atoms with Crippen LogP contribution in [0.2, 0.25) is 10.0 Å². The third-order valence-corrected chi connectivity index (χ3v) is 5.00. The molecule has 0 heterocycles. The smallest absolute Gasteiger partial charge is 0.258 e. The average Bonchev–Trinajstić information content (AvgIpc) is 2.41. The number of nitrogens with zero attached hydrogens (tertiary/aromatic N) is 1. The lowest BCUT2D eigenvalue weighted by atomic mass is 10.2. The highest BCUT2D eigenvalue weighted by Crippen LogP contribution is 2.28. The van der Waals surface area contributed by atoms with Gasteiger partial charge in [0.25, 0.3) is 5.69 Å². The molecule has 0 saturated heterocycles. The lowest BCUT2D eigenvalue weighted by Gasteiger charge is -2.05. The van der Waals surface area contributed by atoms with E-state index in [1.54, 1.807) is 24.3 Å². The van der Waals surface area contributed by atoms with E-state index in [2.05, 4.69) is 0 Å². The monoisotopic (exact) mass is 345 g/mol. The summed E-state index contributed by atoms with van der Waals surface area (Å²) in [6.07, 6.45) is 0. The summed E-state index contributed by atoms with van der Waals surface area (Å²) in [5.41, 5.74) is 0.103. The van der Waals surface area contributed by atoms with Crippen LogP contribution in [0.4, 0.5) is 5.69 Å². The van der Waals surface area contributed by atoms with E-state index in [0.717, 1.165) is 6.07 Å². The highest BCUT2D eigenvalue weighted by Gasteiger charge is 2.21. The van der Waals surface area contributed by atoms with Gasteiger partial charge in [-0.2, -0.15) is 0 Å². The Balaban J connectivity index is 2.38. The van der Waals surface area contributed by atoms with Crippen molar-refractivity contribution in [3.8, 4) is 0 Å². The molecule has 0 atom stereocenters. The lowest BCUT2D eigenvalue weighted by molar-refractivity contribution is -0.384. The molecule has 0 N–H and O–H groups in total. The predicted molar refractivity (Wildman–Crippen MR) is 80.4 cm³/mol. The van der Waals surface area contributed by atoms with Gasteiger partial charge in [0.1, 0.15) is 5.02 Å². The van der Waals surface area contributed by atoms with Gasteiger partial charge in [0.2, 0.25) is 0 Å². The first-order valence-corrected chi connectivity index (χ1v) is 8.11. The number of rotatable bonds is 4. The van der Waals surface area contributed by atoms with Crippen LogP contribution in [0.5, 0.6) is 0 Å². The van der Waals surface area contributed by atoms with E-state index in [9.17, 15) is 18.5 Å². The highest BCUT2D eigenvalue weighted by molar-refractivity contribution is 7.90. The van der Waals surface area contributed by atoms with Crippen LogP contribution >= 0.6 is 23.2 Å². The second-order valence-corrected chi connectivity index (χ2v) is 7.09. The van der Waals surface area contributed by atoms with Gasteiger partial charge >= 0.3 is 0 Å². The van der Waals surface area contributed by atoms with Crippen molar-refractivity contribution < 1.29 is 13.3 Å². The lowest BCUT2D eigenvalue weighted by Crippen LogP contribution is -2.05. The first-order chi connectivity index (χ1) is 9.79. The Kier molecular flexibility index (Phi) is 4.51. The molecule has 2 rings (SSSR count). The summed E-state index contributed by atoms with van der Waals surface area (Å²) in [5.74, 6) is -0.275. The number of hydrogen-bond acceptors (Lipinski definition) is 4. The van der Waals surface area contributed by atoms with Crippen molar-refractivity contribution in [2.24, 2.45) is 0 Å². The van der Waals surface area contributed by atoms with Gasteiger partial charge in [0.15, 0.2) is 9.84 Å². The molecule has 0 aliphatic heterocycles. The highest BCUT2D eigenvalue weighted by atomic mass is 35.5. The Morgan fingerprint density at radius 1 is 1.05 bits per heavy atom. The zero-order chi connectivity index (χ0) is 15.6. The van der Waals surface area contributed by atoms with Gasteiger partial charge in [-0.1, -0.05) is 35.3 Å². The second kappa shape index (κ2) is 6.01. The third-order valence-electron chi connectivity index (χ3n) is 2.74. The van der Waals surface area contributed by atoms with Gasteiger partial charge in [0.05, 0.1) is 15.6 Å². The van der Waals surface area contributed by atoms with Crippen LogP contribution in [-0.2, 0) is 15.6 Å². The zero-order valence-electron chi connectivity index (χ0n) is 10.5. The first kappa shape index (κ1) is 15.8. The van der Waals surface area contributed by atoms with Crippen LogP contribution in [0.25, 0.3) is 0 Å². The molecule has 0 saturated carbocycles. The maximum Gasteiger partial charge on any atom is 0.289 e. The minimum Gasteiger partial charge on any atom is -0.258 e. The summed E-state index contributed by atoms with van der Waals surface area (Å²) in [6.45, 7) is 0. The summed E-state index contributed by atoms with van der Waals surface area (Å²) < 4.78 is 24.5. The van der Waals surface area contributed by atoms with Crippen molar-refractivity contribution in [1.82, 2.24) is 0 Å². The molecular formula is C13H9Cl2NO4S. The Morgan fingerprint density at radius 3 is 2.24 bits per heavy atom. The van der Waals surface area contributed by atoms with Crippen molar-refractivity contribution in [3.05, 3.63) is 68.2 Å². The van der Waals surface area contributed by atoms with Crippen molar-refractivity contribution >= 4 is 38.7 Å². The van der Waals surface area contributed by atoms with Crippen LogP contribution in [-0.4, -0.2) is 13.3 Å². The SMILES string of the molecule is O=[N+]([O-])c1cc(S(=O)(=O)Cc2ccc(Cl)cc2)ccc1Cl. The number of sulfone groups is 1. The topological polar surface area (TPSA) is 77.3 Å². The Hall–Kier alpha value is -1.63. The number of nitro benzene ring substituents is 1. The number of hydrogen-bond donors (Lipinski definition) is 0. The number of halogens is 2. The molecule has 0 spiro atoms. The van der Waals surface area contributed by atoms with Crippen molar-refractivity contribution in [2.75, 3.05) is 0 Å². The maximum atomic E-state index is 12.3. The Morgan fingerprint density at radius 2 is 1.67 bits per heavy atom. The van der Waals surface area contributed by atoms with Crippen LogP contribution in [0, 0.1) is 10.1 Å². The van der Waals surface area contributed by atoms with Crippen molar-refractivity contribution in [2.45, 2.75) is 10.6 Å². The standard InChI is InChI=1S/C13H9Cl2NO4S/c14-10-3-1-9(2-4-10)8-21(19,20)11-5-6-12(15)13(7-11)16(17)18/h1-7H,8H2. The molecule has 0 radical (unpaired) electrons. The molecule has 0 unspecified atom stereocenters. The minimum absolute atomic E-state index is 0.106. The molecule has 110 valence electrons. The van der Waals surface area contributed by atoms with E-state index in [0.29, 0.717) is 10.6 Å². The minimum atomic E-state index is -3.71. The molecule has 0 aliphatic carbocycles. The van der Waals surface area contributed by atoms with E-state index in [1.807, 2.05) is 0 Å². The fourth-order valence-electron chi connectivity index (χ4n) is 1.71. The van der Waals surface area contributed by atoms with Crippen LogP contribution in [0.15, 0.2) is 47.4 Å². The largest absolute Gasteiger partial charge is 0.289 e. The van der Waals surface area contributed by atoms with Crippen LogP contribution < -0.4 is 0 Å². The fraction of sp³-hybridized carbons (Fsp3) is 0.0769. The quantitative estimate of drug-likeness (QED) is 0.622. The molecule has 0 fully saturated rings. The summed E-state index contributed by atoms with van der Waals surface area (Å²) in [4.78, 5) is 9.94. The molecule has 0 amide bonds. The van der Waals surface area contributed by atoms with Crippen LogP contribution in [0.3, 0.4) is 0 Å². The number of nitro groups is 1. The van der Waals surface area contributed by atoms with Gasteiger partial charge in [-0.15, -0.1) is 0 Å². The van der Waals surface area contributed by atoms with Crippen molar-refractivity contribution in [1.29, 1.82) is 0 Å². The first-order valence-electron chi connectivity index (χ1n) is 5.71. The summed E-state index contributed by atoms with van der Waals surface area (Å²) in [7, 11) is -3.71. The summed E-state index contributed by atoms with van der Waals surface area (Å²) in [6, 6.07) is 9.75. The molecule has 5 nitrogen and oxygen atoms in total. The van der Waals surface area contributed by atoms with Gasteiger partial charge in [0, 0.05) is 11.1 Å². The summed E-state index contributed by atoms with van der Waals surface area (Å²) in [5, 5.41) is 11.2. The Labute approximate surface area is 131 Å². The number of benzene rings is 2. The second-order valence-electron chi connectivity index (χ2n) is 4.26. The van der Waals surface area contributed by atoms with Gasteiger partial charge in [-0.05, 0) is 29.8 Å².